The van der Waals surface area contributed by atoms with Crippen LogP contribution < -0.4 is 5.32 Å². The van der Waals surface area contributed by atoms with Crippen molar-refractivity contribution in [3.8, 4) is 0 Å². The van der Waals surface area contributed by atoms with Crippen LogP contribution in [0, 0.1) is 0 Å². The van der Waals surface area contributed by atoms with Gasteiger partial charge in [-0.3, -0.25) is 4.21 Å². The van der Waals surface area contributed by atoms with E-state index in [0.717, 1.165) is 17.3 Å². The highest BCUT2D eigenvalue weighted by molar-refractivity contribution is 7.85. The van der Waals surface area contributed by atoms with Crippen LogP contribution in [-0.2, 0) is 10.8 Å². The standard InChI is InChI=1S/C10H14ClNOS2/c1-7-2-3-12-9(6-15(7)13)8-4-10(11)14-5-8/h4-5,7,9,12H,2-3,6H2,1H3. The van der Waals surface area contributed by atoms with Gasteiger partial charge in [-0.15, -0.1) is 11.3 Å². The fourth-order valence-electron chi connectivity index (χ4n) is 1.70. The van der Waals surface area contributed by atoms with E-state index in [9.17, 15) is 4.21 Å². The molecule has 0 saturated carbocycles. The van der Waals surface area contributed by atoms with Crippen molar-refractivity contribution in [3.63, 3.8) is 0 Å². The smallest absolute Gasteiger partial charge is 0.0931 e. The first-order chi connectivity index (χ1) is 7.16. The molecule has 1 aromatic heterocycles. The number of thiophene rings is 1. The van der Waals surface area contributed by atoms with Crippen LogP contribution >= 0.6 is 22.9 Å². The molecule has 1 fully saturated rings. The van der Waals surface area contributed by atoms with Crippen molar-refractivity contribution < 1.29 is 4.21 Å². The molecule has 2 rings (SSSR count). The quantitative estimate of drug-likeness (QED) is 0.844. The van der Waals surface area contributed by atoms with E-state index in [1.807, 2.05) is 11.4 Å². The summed E-state index contributed by atoms with van der Waals surface area (Å²) >= 11 is 7.43. The molecule has 0 amide bonds. The Morgan fingerprint density at radius 1 is 1.67 bits per heavy atom. The van der Waals surface area contributed by atoms with Gasteiger partial charge < -0.3 is 5.32 Å². The predicted molar refractivity (Wildman–Crippen MR) is 67.2 cm³/mol. The van der Waals surface area contributed by atoms with Gasteiger partial charge in [0.2, 0.25) is 0 Å². The molecule has 5 heteroatoms. The number of hydrogen-bond acceptors (Lipinski definition) is 3. The van der Waals surface area contributed by atoms with E-state index < -0.39 is 10.8 Å². The van der Waals surface area contributed by atoms with Crippen LogP contribution in [0.5, 0.6) is 0 Å². The molecule has 84 valence electrons. The maximum Gasteiger partial charge on any atom is 0.0931 e. The first-order valence-electron chi connectivity index (χ1n) is 5.01. The van der Waals surface area contributed by atoms with Gasteiger partial charge in [0, 0.05) is 27.8 Å². The lowest BCUT2D eigenvalue weighted by atomic mass is 10.2. The molecule has 0 bridgehead atoms. The minimum absolute atomic E-state index is 0.208. The zero-order valence-electron chi connectivity index (χ0n) is 8.53. The Balaban J connectivity index is 2.13. The largest absolute Gasteiger partial charge is 0.309 e. The summed E-state index contributed by atoms with van der Waals surface area (Å²) in [5.74, 6) is 0.703. The molecule has 3 unspecified atom stereocenters. The summed E-state index contributed by atoms with van der Waals surface area (Å²) in [6, 6.07) is 2.18. The highest BCUT2D eigenvalue weighted by Crippen LogP contribution is 2.27. The molecule has 2 nitrogen and oxygen atoms in total. The third kappa shape index (κ3) is 2.81. The minimum Gasteiger partial charge on any atom is -0.309 e. The van der Waals surface area contributed by atoms with Gasteiger partial charge in [0.15, 0.2) is 0 Å². The number of halogens is 1. The summed E-state index contributed by atoms with van der Waals surface area (Å²) in [5, 5.41) is 5.78. The van der Waals surface area contributed by atoms with Crippen LogP contribution in [0.15, 0.2) is 11.4 Å². The van der Waals surface area contributed by atoms with Gasteiger partial charge in [0.25, 0.3) is 0 Å². The third-order valence-corrected chi connectivity index (χ3v) is 5.62. The molecule has 1 saturated heterocycles. The molecular formula is C10H14ClNOS2. The van der Waals surface area contributed by atoms with Crippen LogP contribution in [0.2, 0.25) is 4.34 Å². The Bertz CT molecular complexity index is 366. The number of hydrogen-bond donors (Lipinski definition) is 1. The summed E-state index contributed by atoms with van der Waals surface area (Å²) in [5.41, 5.74) is 1.17. The van der Waals surface area contributed by atoms with Crippen molar-refractivity contribution in [2.75, 3.05) is 12.3 Å². The molecule has 1 aliphatic rings. The molecule has 0 radical (unpaired) electrons. The van der Waals surface area contributed by atoms with Gasteiger partial charge in [-0.1, -0.05) is 18.5 Å². The van der Waals surface area contributed by atoms with E-state index in [1.165, 1.54) is 16.9 Å². The van der Waals surface area contributed by atoms with Crippen LogP contribution in [0.3, 0.4) is 0 Å². The van der Waals surface area contributed by atoms with E-state index in [2.05, 4.69) is 12.2 Å². The highest BCUT2D eigenvalue weighted by atomic mass is 35.5. The molecule has 3 atom stereocenters. The van der Waals surface area contributed by atoms with E-state index in [-0.39, 0.29) is 6.04 Å². The molecule has 15 heavy (non-hydrogen) atoms. The molecule has 1 N–H and O–H groups in total. The Morgan fingerprint density at radius 2 is 2.47 bits per heavy atom. The van der Waals surface area contributed by atoms with Crippen molar-refractivity contribution in [3.05, 3.63) is 21.3 Å². The highest BCUT2D eigenvalue weighted by Gasteiger charge is 2.23. The monoisotopic (exact) mass is 263 g/mol. The Kier molecular flexibility index (Phi) is 3.83. The van der Waals surface area contributed by atoms with Crippen LogP contribution in [-0.4, -0.2) is 21.8 Å². The SMILES string of the molecule is CC1CCNC(c2csc(Cl)c2)CS1=O. The Labute approximate surface area is 101 Å². The van der Waals surface area contributed by atoms with Crippen molar-refractivity contribution in [1.29, 1.82) is 0 Å². The maximum atomic E-state index is 11.8. The lowest BCUT2D eigenvalue weighted by Gasteiger charge is -2.13. The maximum absolute atomic E-state index is 11.8. The summed E-state index contributed by atoms with van der Waals surface area (Å²) in [6.07, 6.45) is 0.987. The van der Waals surface area contributed by atoms with Crippen LogP contribution in [0.1, 0.15) is 24.9 Å². The van der Waals surface area contributed by atoms with Crippen molar-refractivity contribution >= 4 is 33.7 Å². The van der Waals surface area contributed by atoms with E-state index in [1.54, 1.807) is 0 Å². The van der Waals surface area contributed by atoms with Gasteiger partial charge in [-0.25, -0.2) is 0 Å². The Morgan fingerprint density at radius 3 is 3.13 bits per heavy atom. The molecule has 0 spiro atoms. The van der Waals surface area contributed by atoms with Gasteiger partial charge in [0.1, 0.15) is 0 Å². The van der Waals surface area contributed by atoms with Crippen LogP contribution in [0.25, 0.3) is 0 Å². The average Bonchev–Trinajstić information content (AvgIpc) is 2.55. The summed E-state index contributed by atoms with van der Waals surface area (Å²) in [6.45, 7) is 2.99. The van der Waals surface area contributed by atoms with Crippen molar-refractivity contribution in [2.45, 2.75) is 24.6 Å². The van der Waals surface area contributed by atoms with E-state index in [0.29, 0.717) is 11.0 Å². The van der Waals surface area contributed by atoms with Gasteiger partial charge >= 0.3 is 0 Å². The molecule has 1 aromatic rings. The van der Waals surface area contributed by atoms with Gasteiger partial charge in [-0.2, -0.15) is 0 Å². The third-order valence-electron chi connectivity index (χ3n) is 2.71. The number of nitrogens with one attached hydrogen (secondary N) is 1. The second-order valence-corrected chi connectivity index (χ2v) is 7.28. The van der Waals surface area contributed by atoms with Gasteiger partial charge in [-0.05, 0) is 30.0 Å². The lowest BCUT2D eigenvalue weighted by Crippen LogP contribution is -2.23. The van der Waals surface area contributed by atoms with Crippen molar-refractivity contribution in [1.82, 2.24) is 5.32 Å². The summed E-state index contributed by atoms with van der Waals surface area (Å²) < 4.78 is 12.6. The van der Waals surface area contributed by atoms with E-state index in [4.69, 9.17) is 11.6 Å². The van der Waals surface area contributed by atoms with Crippen molar-refractivity contribution in [2.24, 2.45) is 0 Å². The lowest BCUT2D eigenvalue weighted by molar-refractivity contribution is 0.579. The zero-order valence-corrected chi connectivity index (χ0v) is 10.9. The Hall–Kier alpha value is 0.1000. The van der Waals surface area contributed by atoms with E-state index >= 15 is 0 Å². The molecule has 1 aliphatic heterocycles. The second kappa shape index (κ2) is 4.95. The normalized spacial score (nSPS) is 32.5. The minimum atomic E-state index is -0.725. The molecule has 2 heterocycles. The zero-order chi connectivity index (χ0) is 10.8. The number of rotatable bonds is 1. The topological polar surface area (TPSA) is 29.1 Å². The average molecular weight is 264 g/mol. The summed E-state index contributed by atoms with van der Waals surface area (Å²) in [7, 11) is -0.725. The molecule has 0 aliphatic carbocycles. The summed E-state index contributed by atoms with van der Waals surface area (Å²) in [4.78, 5) is 0. The first-order valence-corrected chi connectivity index (χ1v) is 7.65. The fraction of sp³-hybridized carbons (Fsp3) is 0.600. The van der Waals surface area contributed by atoms with Gasteiger partial charge in [0.05, 0.1) is 4.34 Å². The van der Waals surface area contributed by atoms with Crippen LogP contribution in [0.4, 0.5) is 0 Å². The predicted octanol–water partition coefficient (Wildman–Crippen LogP) is 2.57. The molecular weight excluding hydrogens is 250 g/mol. The first kappa shape index (κ1) is 11.6. The second-order valence-electron chi connectivity index (χ2n) is 3.84. The fourth-order valence-corrected chi connectivity index (χ4v) is 3.99. The molecule has 0 aromatic carbocycles.